The zero-order valence-electron chi connectivity index (χ0n) is 23.5. The molecular formula is C33H31N7O. The van der Waals surface area contributed by atoms with Crippen molar-refractivity contribution in [2.24, 2.45) is 0 Å². The van der Waals surface area contributed by atoms with Gasteiger partial charge in [-0.2, -0.15) is 5.21 Å². The van der Waals surface area contributed by atoms with E-state index in [2.05, 4.69) is 98.6 Å². The van der Waals surface area contributed by atoms with E-state index in [-0.39, 0.29) is 0 Å². The Morgan fingerprint density at radius 1 is 0.976 bits per heavy atom. The summed E-state index contributed by atoms with van der Waals surface area (Å²) in [6.07, 6.45) is 7.61. The van der Waals surface area contributed by atoms with Crippen molar-refractivity contribution in [2.45, 2.75) is 53.0 Å². The lowest BCUT2D eigenvalue weighted by Crippen LogP contribution is -2.06. The van der Waals surface area contributed by atoms with E-state index in [1.165, 1.54) is 27.8 Å². The quantitative estimate of drug-likeness (QED) is 0.258. The molecule has 0 radical (unpaired) electrons. The van der Waals surface area contributed by atoms with Gasteiger partial charge in [-0.25, -0.2) is 9.97 Å². The average Bonchev–Trinajstić information content (AvgIpc) is 3.71. The second-order valence-electron chi connectivity index (χ2n) is 10.8. The van der Waals surface area contributed by atoms with Crippen LogP contribution in [-0.4, -0.2) is 35.2 Å². The second kappa shape index (κ2) is 10.3. The fourth-order valence-electron chi connectivity index (χ4n) is 5.97. The smallest absolute Gasteiger partial charge is 0.226 e. The van der Waals surface area contributed by atoms with Crippen LogP contribution in [-0.2, 0) is 25.8 Å². The summed E-state index contributed by atoms with van der Waals surface area (Å²) < 4.78 is 8.12. The standard InChI is InChI=1S/C33H31N7O/c1-4-7-31-35-32-20(2)14-25(33-34-21(3)19-41-33)16-29(32)40(31)18-22-10-13-27-24(15-22)12-11-23-8-5-6-9-26(23)28(27)17-30-36-38-39-37-30/h5-6,8-10,13-17,19H,4,7,11-12,18H2,1-3H3,(H,36,37,38,39)/b28-17+. The Hall–Kier alpha value is -4.85. The molecule has 1 N–H and O–H groups in total. The van der Waals surface area contributed by atoms with Crippen molar-refractivity contribution in [3.8, 4) is 11.5 Å². The predicted octanol–water partition coefficient (Wildman–Crippen LogP) is 6.51. The van der Waals surface area contributed by atoms with Crippen LogP contribution >= 0.6 is 0 Å². The van der Waals surface area contributed by atoms with Crippen molar-refractivity contribution in [1.29, 1.82) is 0 Å². The van der Waals surface area contributed by atoms with E-state index in [0.717, 1.165) is 71.5 Å². The van der Waals surface area contributed by atoms with Gasteiger partial charge < -0.3 is 8.98 Å². The van der Waals surface area contributed by atoms with Crippen LogP contribution in [0.1, 0.15) is 64.1 Å². The lowest BCUT2D eigenvalue weighted by molar-refractivity contribution is 0.573. The number of aromatic amines is 1. The van der Waals surface area contributed by atoms with Crippen molar-refractivity contribution in [3.63, 3.8) is 0 Å². The molecule has 204 valence electrons. The molecule has 0 saturated carbocycles. The molecule has 3 heterocycles. The molecule has 0 fully saturated rings. The first-order valence-electron chi connectivity index (χ1n) is 14.1. The van der Waals surface area contributed by atoms with Gasteiger partial charge in [0.1, 0.15) is 12.1 Å². The van der Waals surface area contributed by atoms with Gasteiger partial charge in [-0.3, -0.25) is 0 Å². The molecule has 0 saturated heterocycles. The normalized spacial score (nSPS) is 13.9. The third-order valence-corrected chi connectivity index (χ3v) is 7.87. The maximum atomic E-state index is 5.75. The molecule has 41 heavy (non-hydrogen) atoms. The summed E-state index contributed by atoms with van der Waals surface area (Å²) in [6, 6.07) is 19.8. The number of hydrogen-bond acceptors (Lipinski definition) is 6. The molecule has 7 rings (SSSR count). The number of rotatable bonds is 6. The van der Waals surface area contributed by atoms with Crippen LogP contribution in [0.2, 0.25) is 0 Å². The summed E-state index contributed by atoms with van der Waals surface area (Å²) >= 11 is 0. The van der Waals surface area contributed by atoms with Crippen LogP contribution in [0.5, 0.6) is 0 Å². The molecule has 0 atom stereocenters. The summed E-state index contributed by atoms with van der Waals surface area (Å²) in [4.78, 5) is 9.68. The number of H-pyrrole nitrogens is 1. The zero-order valence-corrected chi connectivity index (χ0v) is 23.5. The van der Waals surface area contributed by atoms with Crippen molar-refractivity contribution in [3.05, 3.63) is 112 Å². The van der Waals surface area contributed by atoms with Crippen molar-refractivity contribution in [1.82, 2.24) is 35.2 Å². The number of oxazole rings is 1. The Morgan fingerprint density at radius 3 is 2.63 bits per heavy atom. The fraction of sp³-hybridized carbons (Fsp3) is 0.242. The molecule has 0 bridgehead atoms. The van der Waals surface area contributed by atoms with Crippen LogP contribution < -0.4 is 0 Å². The number of imidazole rings is 1. The highest BCUT2D eigenvalue weighted by Crippen LogP contribution is 2.36. The van der Waals surface area contributed by atoms with Crippen LogP contribution in [0.3, 0.4) is 0 Å². The minimum atomic E-state index is 0.577. The third kappa shape index (κ3) is 4.65. The summed E-state index contributed by atoms with van der Waals surface area (Å²) in [5.74, 6) is 2.32. The molecule has 6 aromatic rings. The maximum absolute atomic E-state index is 5.75. The van der Waals surface area contributed by atoms with Gasteiger partial charge in [0, 0.05) is 18.5 Å². The number of aryl methyl sites for hydroxylation is 5. The molecule has 1 aliphatic carbocycles. The van der Waals surface area contributed by atoms with E-state index < -0.39 is 0 Å². The minimum absolute atomic E-state index is 0.577. The largest absolute Gasteiger partial charge is 0.444 e. The number of hydrogen-bond donors (Lipinski definition) is 1. The molecule has 0 spiro atoms. The highest BCUT2D eigenvalue weighted by atomic mass is 16.3. The highest BCUT2D eigenvalue weighted by molar-refractivity contribution is 5.93. The lowest BCUT2D eigenvalue weighted by Gasteiger charge is -2.15. The zero-order chi connectivity index (χ0) is 27.9. The molecule has 0 aliphatic heterocycles. The fourth-order valence-corrected chi connectivity index (χ4v) is 5.97. The third-order valence-electron chi connectivity index (χ3n) is 7.87. The van der Waals surface area contributed by atoms with Gasteiger partial charge in [-0.05, 0) is 95.5 Å². The highest BCUT2D eigenvalue weighted by Gasteiger charge is 2.21. The Kier molecular flexibility index (Phi) is 6.30. The Labute approximate surface area is 238 Å². The van der Waals surface area contributed by atoms with Crippen LogP contribution in [0.25, 0.3) is 34.1 Å². The number of tetrazole rings is 1. The van der Waals surface area contributed by atoms with Gasteiger partial charge in [0.05, 0.1) is 16.7 Å². The Morgan fingerprint density at radius 2 is 1.83 bits per heavy atom. The summed E-state index contributed by atoms with van der Waals surface area (Å²) in [7, 11) is 0. The Balaban J connectivity index is 1.32. The van der Waals surface area contributed by atoms with Gasteiger partial charge in [-0.15, -0.1) is 10.2 Å². The molecule has 8 nitrogen and oxygen atoms in total. The number of nitrogens with zero attached hydrogens (tertiary/aromatic N) is 6. The summed E-state index contributed by atoms with van der Waals surface area (Å²) in [5.41, 5.74) is 12.6. The van der Waals surface area contributed by atoms with Crippen LogP contribution in [0.4, 0.5) is 0 Å². The number of fused-ring (bicyclic) bond motifs is 3. The van der Waals surface area contributed by atoms with Crippen LogP contribution in [0, 0.1) is 13.8 Å². The predicted molar refractivity (Wildman–Crippen MR) is 159 cm³/mol. The van der Waals surface area contributed by atoms with Gasteiger partial charge in [-0.1, -0.05) is 49.4 Å². The number of benzene rings is 3. The SMILES string of the molecule is CCCc1nc2c(C)cc(-c3nc(C)co3)cc2n1Cc1ccc2c(c1)CCc1ccccc1/C2=C\c1nn[nH]n1. The first-order valence-corrected chi connectivity index (χ1v) is 14.1. The Bertz CT molecular complexity index is 1910. The first kappa shape index (κ1) is 25.1. The second-order valence-corrected chi connectivity index (χ2v) is 10.8. The molecule has 3 aromatic heterocycles. The van der Waals surface area contributed by atoms with E-state index in [4.69, 9.17) is 9.40 Å². The number of aromatic nitrogens is 7. The topological polar surface area (TPSA) is 98.3 Å². The summed E-state index contributed by atoms with van der Waals surface area (Å²) in [6.45, 7) is 7.01. The van der Waals surface area contributed by atoms with E-state index in [9.17, 15) is 0 Å². The van der Waals surface area contributed by atoms with E-state index in [1.807, 2.05) is 13.0 Å². The molecule has 1 aliphatic rings. The molecule has 3 aromatic carbocycles. The maximum Gasteiger partial charge on any atom is 0.226 e. The minimum Gasteiger partial charge on any atom is -0.444 e. The van der Waals surface area contributed by atoms with Crippen molar-refractivity contribution >= 4 is 22.7 Å². The van der Waals surface area contributed by atoms with Gasteiger partial charge in [0.25, 0.3) is 0 Å². The van der Waals surface area contributed by atoms with E-state index in [0.29, 0.717) is 11.7 Å². The monoisotopic (exact) mass is 541 g/mol. The van der Waals surface area contributed by atoms with Crippen molar-refractivity contribution < 1.29 is 4.42 Å². The van der Waals surface area contributed by atoms with Crippen molar-refractivity contribution in [2.75, 3.05) is 0 Å². The van der Waals surface area contributed by atoms with E-state index >= 15 is 0 Å². The van der Waals surface area contributed by atoms with E-state index in [1.54, 1.807) is 6.26 Å². The molecular weight excluding hydrogens is 510 g/mol. The first-order chi connectivity index (χ1) is 20.1. The average molecular weight is 542 g/mol. The lowest BCUT2D eigenvalue weighted by atomic mass is 9.92. The molecule has 0 amide bonds. The molecule has 8 heteroatoms. The van der Waals surface area contributed by atoms with Crippen LogP contribution in [0.15, 0.2) is 65.3 Å². The van der Waals surface area contributed by atoms with Gasteiger partial charge >= 0.3 is 0 Å². The summed E-state index contributed by atoms with van der Waals surface area (Å²) in [5, 5.41) is 14.7. The molecule has 0 unspecified atom stereocenters. The number of nitrogens with one attached hydrogen (secondary N) is 1. The van der Waals surface area contributed by atoms with Gasteiger partial charge in [0.15, 0.2) is 5.82 Å². The van der Waals surface area contributed by atoms with Gasteiger partial charge in [0.2, 0.25) is 5.89 Å².